The Morgan fingerprint density at radius 2 is 2.05 bits per heavy atom. The third kappa shape index (κ3) is 3.79. The van der Waals surface area contributed by atoms with Crippen molar-refractivity contribution in [3.8, 4) is 17.1 Å². The second-order valence-corrected chi connectivity index (χ2v) is 4.93. The first-order chi connectivity index (χ1) is 10.8. The molecule has 1 fully saturated rings. The molecular formula is C16H18N2O4. The van der Waals surface area contributed by atoms with Crippen LogP contribution in [0, 0.1) is 0 Å². The van der Waals surface area contributed by atoms with Crippen LogP contribution in [0.4, 0.5) is 0 Å². The molecule has 116 valence electrons. The van der Waals surface area contributed by atoms with Crippen LogP contribution < -0.4 is 4.74 Å². The Labute approximate surface area is 128 Å². The number of aliphatic hydroxyl groups is 1. The largest absolute Gasteiger partial charge is 0.491 e. The van der Waals surface area contributed by atoms with Crippen molar-refractivity contribution in [2.24, 2.45) is 0 Å². The SMILES string of the molecule is OCc1ccnc(-c2ccc(OCC3COCCO3)cc2)n1. The summed E-state index contributed by atoms with van der Waals surface area (Å²) in [5.41, 5.74) is 1.47. The number of aliphatic hydroxyl groups excluding tert-OH is 1. The third-order valence-electron chi connectivity index (χ3n) is 3.31. The summed E-state index contributed by atoms with van der Waals surface area (Å²) in [7, 11) is 0. The Morgan fingerprint density at radius 3 is 2.77 bits per heavy atom. The molecule has 6 nitrogen and oxygen atoms in total. The van der Waals surface area contributed by atoms with E-state index in [2.05, 4.69) is 9.97 Å². The summed E-state index contributed by atoms with van der Waals surface area (Å²) in [6, 6.07) is 9.21. The van der Waals surface area contributed by atoms with Crippen LogP contribution in [0.3, 0.4) is 0 Å². The normalized spacial score (nSPS) is 18.1. The predicted octanol–water partition coefficient (Wildman–Crippen LogP) is 1.43. The van der Waals surface area contributed by atoms with E-state index in [4.69, 9.17) is 19.3 Å². The lowest BCUT2D eigenvalue weighted by Gasteiger charge is -2.22. The van der Waals surface area contributed by atoms with Crippen molar-refractivity contribution in [2.45, 2.75) is 12.7 Å². The maximum absolute atomic E-state index is 9.11. The maximum Gasteiger partial charge on any atom is 0.159 e. The lowest BCUT2D eigenvalue weighted by atomic mass is 10.2. The molecule has 1 atom stereocenters. The lowest BCUT2D eigenvalue weighted by molar-refractivity contribution is -0.101. The van der Waals surface area contributed by atoms with E-state index in [1.807, 2.05) is 24.3 Å². The monoisotopic (exact) mass is 302 g/mol. The molecule has 22 heavy (non-hydrogen) atoms. The maximum atomic E-state index is 9.11. The Morgan fingerprint density at radius 1 is 1.18 bits per heavy atom. The molecule has 1 aliphatic rings. The molecule has 1 aromatic carbocycles. The Kier molecular flexibility index (Phi) is 4.95. The zero-order valence-corrected chi connectivity index (χ0v) is 12.1. The molecule has 0 saturated carbocycles. The van der Waals surface area contributed by atoms with Crippen LogP contribution in [0.5, 0.6) is 5.75 Å². The van der Waals surface area contributed by atoms with Gasteiger partial charge in [0.05, 0.1) is 32.1 Å². The van der Waals surface area contributed by atoms with Gasteiger partial charge in [0.15, 0.2) is 5.82 Å². The van der Waals surface area contributed by atoms with Crippen LogP contribution in [-0.2, 0) is 16.1 Å². The van der Waals surface area contributed by atoms with Crippen molar-refractivity contribution in [3.63, 3.8) is 0 Å². The summed E-state index contributed by atoms with van der Waals surface area (Å²) in [6.45, 7) is 2.21. The summed E-state index contributed by atoms with van der Waals surface area (Å²) in [4.78, 5) is 8.48. The van der Waals surface area contributed by atoms with Gasteiger partial charge in [-0.15, -0.1) is 0 Å². The first-order valence-corrected chi connectivity index (χ1v) is 7.20. The number of ether oxygens (including phenoxy) is 3. The molecular weight excluding hydrogens is 284 g/mol. The number of hydrogen-bond donors (Lipinski definition) is 1. The summed E-state index contributed by atoms with van der Waals surface area (Å²) >= 11 is 0. The Bertz CT molecular complexity index is 597. The molecule has 6 heteroatoms. The average molecular weight is 302 g/mol. The topological polar surface area (TPSA) is 73.7 Å². The molecule has 0 aliphatic carbocycles. The molecule has 0 radical (unpaired) electrons. The van der Waals surface area contributed by atoms with E-state index in [0.29, 0.717) is 37.9 Å². The molecule has 1 aromatic heterocycles. The van der Waals surface area contributed by atoms with Gasteiger partial charge in [-0.05, 0) is 30.3 Å². The zero-order chi connectivity index (χ0) is 15.2. The van der Waals surface area contributed by atoms with Gasteiger partial charge in [0.2, 0.25) is 0 Å². The van der Waals surface area contributed by atoms with Crippen LogP contribution >= 0.6 is 0 Å². The van der Waals surface area contributed by atoms with Gasteiger partial charge >= 0.3 is 0 Å². The van der Waals surface area contributed by atoms with Gasteiger partial charge in [0.25, 0.3) is 0 Å². The standard InChI is InChI=1S/C16H18N2O4/c19-9-13-5-6-17-16(18-13)12-1-3-14(4-2-12)22-11-15-10-20-7-8-21-15/h1-6,15,19H,7-11H2. The van der Waals surface area contributed by atoms with Crippen molar-refractivity contribution in [3.05, 3.63) is 42.2 Å². The van der Waals surface area contributed by atoms with Gasteiger partial charge < -0.3 is 19.3 Å². The van der Waals surface area contributed by atoms with E-state index in [9.17, 15) is 0 Å². The van der Waals surface area contributed by atoms with Gasteiger partial charge in [-0.3, -0.25) is 0 Å². The first kappa shape index (κ1) is 14.9. The minimum Gasteiger partial charge on any atom is -0.491 e. The zero-order valence-electron chi connectivity index (χ0n) is 12.1. The number of benzene rings is 1. The third-order valence-corrected chi connectivity index (χ3v) is 3.31. The Hall–Kier alpha value is -2.02. The van der Waals surface area contributed by atoms with Crippen molar-refractivity contribution >= 4 is 0 Å². The summed E-state index contributed by atoms with van der Waals surface area (Å²) in [6.07, 6.45) is 1.62. The lowest BCUT2D eigenvalue weighted by Crippen LogP contribution is -2.33. The van der Waals surface area contributed by atoms with Crippen LogP contribution in [0.25, 0.3) is 11.4 Å². The number of nitrogens with zero attached hydrogens (tertiary/aromatic N) is 2. The molecule has 0 amide bonds. The summed E-state index contributed by atoms with van der Waals surface area (Å²) in [5.74, 6) is 1.35. The molecule has 3 rings (SSSR count). The quantitative estimate of drug-likeness (QED) is 0.900. The van der Waals surface area contributed by atoms with E-state index in [1.165, 1.54) is 0 Å². The predicted molar refractivity (Wildman–Crippen MR) is 79.4 cm³/mol. The molecule has 1 aliphatic heterocycles. The summed E-state index contributed by atoms with van der Waals surface area (Å²) in [5, 5.41) is 9.11. The highest BCUT2D eigenvalue weighted by molar-refractivity contribution is 5.56. The number of aromatic nitrogens is 2. The van der Waals surface area contributed by atoms with E-state index < -0.39 is 0 Å². The molecule has 1 unspecified atom stereocenters. The van der Waals surface area contributed by atoms with Gasteiger partial charge in [-0.1, -0.05) is 0 Å². The molecule has 0 spiro atoms. The second kappa shape index (κ2) is 7.31. The highest BCUT2D eigenvalue weighted by Crippen LogP contribution is 2.20. The van der Waals surface area contributed by atoms with E-state index in [-0.39, 0.29) is 12.7 Å². The molecule has 1 N–H and O–H groups in total. The van der Waals surface area contributed by atoms with Crippen molar-refractivity contribution < 1.29 is 19.3 Å². The first-order valence-electron chi connectivity index (χ1n) is 7.20. The van der Waals surface area contributed by atoms with E-state index >= 15 is 0 Å². The van der Waals surface area contributed by atoms with Crippen LogP contribution in [0.15, 0.2) is 36.5 Å². The van der Waals surface area contributed by atoms with Crippen molar-refractivity contribution in [2.75, 3.05) is 26.4 Å². The molecule has 2 heterocycles. The molecule has 0 bridgehead atoms. The van der Waals surface area contributed by atoms with Crippen molar-refractivity contribution in [1.82, 2.24) is 9.97 Å². The van der Waals surface area contributed by atoms with Crippen molar-refractivity contribution in [1.29, 1.82) is 0 Å². The van der Waals surface area contributed by atoms with Gasteiger partial charge in [-0.2, -0.15) is 0 Å². The smallest absolute Gasteiger partial charge is 0.159 e. The van der Waals surface area contributed by atoms with Crippen LogP contribution in [-0.4, -0.2) is 47.6 Å². The second-order valence-electron chi connectivity index (χ2n) is 4.93. The fourth-order valence-corrected chi connectivity index (χ4v) is 2.15. The fraction of sp³-hybridized carbons (Fsp3) is 0.375. The highest BCUT2D eigenvalue weighted by atomic mass is 16.6. The van der Waals surface area contributed by atoms with Gasteiger partial charge in [0, 0.05) is 11.8 Å². The summed E-state index contributed by atoms with van der Waals surface area (Å²) < 4.78 is 16.5. The average Bonchev–Trinajstić information content (AvgIpc) is 2.61. The Balaban J connectivity index is 1.61. The van der Waals surface area contributed by atoms with Gasteiger partial charge in [-0.25, -0.2) is 9.97 Å². The van der Waals surface area contributed by atoms with E-state index in [1.54, 1.807) is 12.3 Å². The van der Waals surface area contributed by atoms with E-state index in [0.717, 1.165) is 11.3 Å². The van der Waals surface area contributed by atoms with Gasteiger partial charge in [0.1, 0.15) is 18.5 Å². The fourth-order valence-electron chi connectivity index (χ4n) is 2.15. The van der Waals surface area contributed by atoms with Crippen LogP contribution in [0.2, 0.25) is 0 Å². The number of rotatable bonds is 5. The minimum absolute atomic E-state index is 0.0157. The number of hydrogen-bond acceptors (Lipinski definition) is 6. The molecule has 1 saturated heterocycles. The highest BCUT2D eigenvalue weighted by Gasteiger charge is 2.14. The minimum atomic E-state index is -0.0970. The van der Waals surface area contributed by atoms with Crippen LogP contribution in [0.1, 0.15) is 5.69 Å². The molecule has 2 aromatic rings.